The molecule has 0 aliphatic heterocycles. The molecule has 2 rings (SSSR count). The van der Waals surface area contributed by atoms with E-state index in [0.29, 0.717) is 0 Å². The lowest BCUT2D eigenvalue weighted by molar-refractivity contribution is -0.137. The van der Waals surface area contributed by atoms with E-state index in [1.165, 1.54) is 11.1 Å². The minimum absolute atomic E-state index is 0.0604. The van der Waals surface area contributed by atoms with Crippen molar-refractivity contribution in [1.82, 2.24) is 0 Å². The summed E-state index contributed by atoms with van der Waals surface area (Å²) in [6, 6.07) is 16.0. The lowest BCUT2D eigenvalue weighted by Gasteiger charge is -2.12. The van der Waals surface area contributed by atoms with E-state index in [0.717, 1.165) is 17.5 Å². The zero-order valence-electron chi connectivity index (χ0n) is 13.3. The van der Waals surface area contributed by atoms with Crippen LogP contribution in [0.1, 0.15) is 41.5 Å². The van der Waals surface area contributed by atoms with Crippen molar-refractivity contribution in [3.8, 4) is 0 Å². The van der Waals surface area contributed by atoms with Crippen molar-refractivity contribution >= 4 is 5.97 Å². The van der Waals surface area contributed by atoms with Crippen LogP contribution in [0.25, 0.3) is 0 Å². The van der Waals surface area contributed by atoms with Crippen LogP contribution in [-0.2, 0) is 17.8 Å². The van der Waals surface area contributed by atoms with E-state index in [4.69, 9.17) is 10.2 Å². The monoisotopic (exact) mass is 310 g/mol. The average molecular weight is 310 g/mol. The van der Waals surface area contributed by atoms with Crippen LogP contribution >= 0.6 is 0 Å². The number of aliphatic carboxylic acids is 1. The highest BCUT2D eigenvalue weighted by atomic mass is 16.4. The molecule has 1 unspecified atom stereocenters. The van der Waals surface area contributed by atoms with Gasteiger partial charge in [-0.25, -0.2) is 0 Å². The normalized spacial score (nSPS) is 12.4. The van der Waals surface area contributed by atoms with Gasteiger partial charge in [-0.05, 0) is 35.6 Å². The van der Waals surface area contributed by atoms with E-state index < -0.39 is 5.97 Å². The van der Waals surface area contributed by atoms with Crippen LogP contribution in [0.5, 0.6) is 0 Å². The largest absolute Gasteiger partial charge is 0.481 e. The summed E-state index contributed by atoms with van der Waals surface area (Å²) < 4.78 is 0. The fourth-order valence-corrected chi connectivity index (χ4v) is 2.60. The minimum Gasteiger partial charge on any atom is -0.481 e. The summed E-state index contributed by atoms with van der Waals surface area (Å²) in [6.45, 7) is 1.96. The second kappa shape index (κ2) is 8.30. The summed E-state index contributed by atoms with van der Waals surface area (Å²) in [5.41, 5.74) is 4.29. The van der Waals surface area contributed by atoms with Gasteiger partial charge < -0.3 is 10.2 Å². The molecule has 120 valence electrons. The van der Waals surface area contributed by atoms with E-state index in [2.05, 4.69) is 0 Å². The fraction of sp³-hybridized carbons (Fsp3) is 0.250. The molecule has 0 radical (unpaired) electrons. The first kappa shape index (κ1) is 17.0. The molecule has 1 atom stereocenters. The molecule has 0 bridgehead atoms. The van der Waals surface area contributed by atoms with Gasteiger partial charge in [0, 0.05) is 5.92 Å². The summed E-state index contributed by atoms with van der Waals surface area (Å²) in [7, 11) is 0. The second-order valence-corrected chi connectivity index (χ2v) is 5.62. The van der Waals surface area contributed by atoms with Crippen LogP contribution in [-0.4, -0.2) is 16.2 Å². The Hall–Kier alpha value is -2.39. The molecule has 0 aromatic heterocycles. The van der Waals surface area contributed by atoms with E-state index in [-0.39, 0.29) is 18.9 Å². The van der Waals surface area contributed by atoms with Gasteiger partial charge in [0.1, 0.15) is 0 Å². The number of carboxylic acid groups (broad SMARTS) is 1. The number of carboxylic acids is 1. The third-order valence-corrected chi connectivity index (χ3v) is 3.84. The zero-order chi connectivity index (χ0) is 16.7. The van der Waals surface area contributed by atoms with Crippen molar-refractivity contribution in [1.29, 1.82) is 0 Å². The second-order valence-electron chi connectivity index (χ2n) is 5.62. The molecular weight excluding hydrogens is 288 g/mol. The van der Waals surface area contributed by atoms with Gasteiger partial charge in [0.2, 0.25) is 0 Å². The molecule has 23 heavy (non-hydrogen) atoms. The third-order valence-electron chi connectivity index (χ3n) is 3.84. The number of rotatable bonds is 7. The first-order valence-corrected chi connectivity index (χ1v) is 7.74. The molecule has 0 heterocycles. The maximum Gasteiger partial charge on any atom is 0.304 e. The Balaban J connectivity index is 2.09. The molecule has 2 aromatic carbocycles. The van der Waals surface area contributed by atoms with Crippen molar-refractivity contribution in [3.05, 3.63) is 82.9 Å². The first-order valence-electron chi connectivity index (χ1n) is 7.74. The lowest BCUT2D eigenvalue weighted by Crippen LogP contribution is -2.04. The molecule has 0 fully saturated rings. The Labute approximate surface area is 136 Å². The Bertz CT molecular complexity index is 654. The molecule has 0 aliphatic carbocycles. The molecule has 2 N–H and O–H groups in total. The van der Waals surface area contributed by atoms with Crippen molar-refractivity contribution in [3.63, 3.8) is 0 Å². The molecule has 0 saturated heterocycles. The summed E-state index contributed by atoms with van der Waals surface area (Å²) in [5, 5.41) is 18.1. The van der Waals surface area contributed by atoms with Gasteiger partial charge >= 0.3 is 5.97 Å². The van der Waals surface area contributed by atoms with Crippen molar-refractivity contribution in [2.45, 2.75) is 32.3 Å². The number of aliphatic hydroxyl groups excluding tert-OH is 1. The van der Waals surface area contributed by atoms with E-state index in [1.54, 1.807) is 0 Å². The van der Waals surface area contributed by atoms with Crippen LogP contribution in [0.2, 0.25) is 0 Å². The molecule has 2 aromatic rings. The third kappa shape index (κ3) is 5.08. The fourth-order valence-electron chi connectivity index (χ4n) is 2.60. The number of aliphatic hydroxyl groups is 1. The smallest absolute Gasteiger partial charge is 0.304 e. The summed E-state index contributed by atoms with van der Waals surface area (Å²) >= 11 is 0. The lowest BCUT2D eigenvalue weighted by atomic mass is 9.93. The highest BCUT2D eigenvalue weighted by Crippen LogP contribution is 2.22. The van der Waals surface area contributed by atoms with Crippen LogP contribution in [0.15, 0.2) is 60.7 Å². The van der Waals surface area contributed by atoms with Crippen molar-refractivity contribution < 1.29 is 15.0 Å². The summed E-state index contributed by atoms with van der Waals surface area (Å²) in [4.78, 5) is 11.0. The molecule has 3 nitrogen and oxygen atoms in total. The SMILES string of the molecule is CC=CC(CC(=O)O)c1ccc(Cc2ccc(CO)cc2)cc1. The molecule has 0 amide bonds. The molecular formula is C20H22O3. The number of carbonyl (C=O) groups is 1. The minimum atomic E-state index is -0.791. The van der Waals surface area contributed by atoms with Gasteiger partial charge in [-0.3, -0.25) is 4.79 Å². The van der Waals surface area contributed by atoms with E-state index in [1.807, 2.05) is 67.6 Å². The highest BCUT2D eigenvalue weighted by molar-refractivity contribution is 5.68. The van der Waals surface area contributed by atoms with Gasteiger partial charge in [-0.15, -0.1) is 0 Å². The maximum absolute atomic E-state index is 11.0. The van der Waals surface area contributed by atoms with E-state index >= 15 is 0 Å². The van der Waals surface area contributed by atoms with Gasteiger partial charge in [0.15, 0.2) is 0 Å². The van der Waals surface area contributed by atoms with Gasteiger partial charge in [0.25, 0.3) is 0 Å². The highest BCUT2D eigenvalue weighted by Gasteiger charge is 2.12. The van der Waals surface area contributed by atoms with Crippen LogP contribution in [0.3, 0.4) is 0 Å². The average Bonchev–Trinajstić information content (AvgIpc) is 2.55. The van der Waals surface area contributed by atoms with Gasteiger partial charge in [0.05, 0.1) is 13.0 Å². The topological polar surface area (TPSA) is 57.5 Å². The predicted octanol–water partition coefficient (Wildman–Crippen LogP) is 3.90. The standard InChI is InChI=1S/C20H22O3/c1-2-3-19(13-20(22)23)18-10-8-16(9-11-18)12-15-4-6-17(14-21)7-5-15/h2-11,19,21H,12-14H2,1H3,(H,22,23). The summed E-state index contributed by atoms with van der Waals surface area (Å²) in [5.74, 6) is -0.878. The Morgan fingerprint density at radius 3 is 2.00 bits per heavy atom. The number of hydrogen-bond donors (Lipinski definition) is 2. The van der Waals surface area contributed by atoms with Crippen LogP contribution in [0.4, 0.5) is 0 Å². The Kier molecular flexibility index (Phi) is 6.12. The van der Waals surface area contributed by atoms with Crippen LogP contribution < -0.4 is 0 Å². The van der Waals surface area contributed by atoms with Gasteiger partial charge in [-0.1, -0.05) is 60.7 Å². The van der Waals surface area contributed by atoms with Crippen molar-refractivity contribution in [2.75, 3.05) is 0 Å². The van der Waals surface area contributed by atoms with Crippen molar-refractivity contribution in [2.24, 2.45) is 0 Å². The number of benzene rings is 2. The molecule has 0 saturated carbocycles. The molecule has 3 heteroatoms. The number of allylic oxidation sites excluding steroid dienone is 2. The maximum atomic E-state index is 11.0. The Morgan fingerprint density at radius 1 is 1.00 bits per heavy atom. The molecule has 0 spiro atoms. The Morgan fingerprint density at radius 2 is 1.52 bits per heavy atom. The van der Waals surface area contributed by atoms with E-state index in [9.17, 15) is 4.79 Å². The van der Waals surface area contributed by atoms with Crippen LogP contribution in [0, 0.1) is 0 Å². The zero-order valence-corrected chi connectivity index (χ0v) is 13.3. The first-order chi connectivity index (χ1) is 11.1. The summed E-state index contributed by atoms with van der Waals surface area (Å²) in [6.07, 6.45) is 4.74. The quantitative estimate of drug-likeness (QED) is 0.762. The van der Waals surface area contributed by atoms with Gasteiger partial charge in [-0.2, -0.15) is 0 Å². The molecule has 0 aliphatic rings. The number of hydrogen-bond acceptors (Lipinski definition) is 2. The predicted molar refractivity (Wildman–Crippen MR) is 91.4 cm³/mol.